The normalized spacial score (nSPS) is 21.0. The lowest BCUT2D eigenvalue weighted by Gasteiger charge is -2.21. The van der Waals surface area contributed by atoms with Crippen molar-refractivity contribution in [2.24, 2.45) is 5.16 Å². The van der Waals surface area contributed by atoms with Crippen LogP contribution in [0, 0.1) is 0 Å². The van der Waals surface area contributed by atoms with E-state index in [2.05, 4.69) is 10.5 Å². The van der Waals surface area contributed by atoms with Gasteiger partial charge in [-0.25, -0.2) is 0 Å². The van der Waals surface area contributed by atoms with E-state index in [0.717, 1.165) is 0 Å². The van der Waals surface area contributed by atoms with Gasteiger partial charge in [0.05, 0.1) is 23.5 Å². The van der Waals surface area contributed by atoms with Crippen LogP contribution in [0.4, 0.5) is 0 Å². The molecule has 26 heavy (non-hydrogen) atoms. The average molecular weight is 384 g/mol. The molecule has 0 aliphatic carbocycles. The lowest BCUT2D eigenvalue weighted by molar-refractivity contribution is -0.115. The SMILES string of the molecule is O=C(N[C@H]1CC=C[C@H](CC(O)O)OB1O)/C(=N\OCCO)c1cccs1. The number of amides is 1. The number of aliphatic hydroxyl groups excluding tert-OH is 2. The van der Waals surface area contributed by atoms with Gasteiger partial charge in [-0.1, -0.05) is 23.4 Å². The molecule has 1 aliphatic rings. The number of oxime groups is 1. The van der Waals surface area contributed by atoms with Gasteiger partial charge in [-0.05, 0) is 17.9 Å². The van der Waals surface area contributed by atoms with Crippen molar-refractivity contribution < 1.29 is 34.6 Å². The lowest BCUT2D eigenvalue weighted by Crippen LogP contribution is -2.50. The Balaban J connectivity index is 2.04. The fourth-order valence-electron chi connectivity index (χ4n) is 2.28. The Morgan fingerprint density at radius 3 is 3.00 bits per heavy atom. The summed E-state index contributed by atoms with van der Waals surface area (Å²) in [5, 5.41) is 45.2. The predicted octanol–water partition coefficient (Wildman–Crippen LogP) is -0.988. The minimum absolute atomic E-state index is 0.0243. The zero-order valence-electron chi connectivity index (χ0n) is 13.9. The van der Waals surface area contributed by atoms with Crippen LogP contribution in [0.25, 0.3) is 0 Å². The topological polar surface area (TPSA) is 141 Å². The van der Waals surface area contributed by atoms with Crippen molar-refractivity contribution in [1.29, 1.82) is 0 Å². The molecule has 1 aliphatic heterocycles. The maximum absolute atomic E-state index is 12.6. The summed E-state index contributed by atoms with van der Waals surface area (Å²) in [5.74, 6) is -1.31. The Morgan fingerprint density at radius 2 is 2.35 bits per heavy atom. The van der Waals surface area contributed by atoms with Crippen molar-refractivity contribution in [1.82, 2.24) is 5.32 Å². The molecule has 1 aromatic rings. The molecule has 1 aromatic heterocycles. The third-order valence-electron chi connectivity index (χ3n) is 3.47. The molecule has 0 saturated heterocycles. The van der Waals surface area contributed by atoms with Crippen molar-refractivity contribution in [3.05, 3.63) is 34.5 Å². The first-order valence-electron chi connectivity index (χ1n) is 8.03. The summed E-state index contributed by atoms with van der Waals surface area (Å²) in [6.07, 6.45) is 1.26. The largest absolute Gasteiger partial charge is 0.478 e. The van der Waals surface area contributed by atoms with Crippen LogP contribution in [0.1, 0.15) is 17.7 Å². The van der Waals surface area contributed by atoms with E-state index in [0.29, 0.717) is 11.3 Å². The molecule has 2 atom stereocenters. The van der Waals surface area contributed by atoms with E-state index in [-0.39, 0.29) is 25.3 Å². The molecule has 11 heteroatoms. The van der Waals surface area contributed by atoms with Crippen LogP contribution < -0.4 is 5.32 Å². The first-order valence-corrected chi connectivity index (χ1v) is 8.91. The zero-order chi connectivity index (χ0) is 18.9. The lowest BCUT2D eigenvalue weighted by atomic mass is 9.77. The molecule has 0 spiro atoms. The van der Waals surface area contributed by atoms with Gasteiger partial charge in [-0.2, -0.15) is 0 Å². The van der Waals surface area contributed by atoms with Crippen LogP contribution in [-0.4, -0.2) is 70.6 Å². The summed E-state index contributed by atoms with van der Waals surface area (Å²) in [5.41, 5.74) is 0.0243. The standard InChI is InChI=1S/C15H21BN2O7S/c19-6-7-24-18-14(11-4-2-8-26-11)15(22)17-12-5-1-3-10(9-13(20)21)25-16(12)23/h1-4,8,10,12-13,19-21,23H,5-7,9H2,(H,17,22)/b18-14-/t10-,12+/m1/s1. The van der Waals surface area contributed by atoms with E-state index < -0.39 is 31.4 Å². The second-order valence-corrected chi connectivity index (χ2v) is 6.45. The van der Waals surface area contributed by atoms with E-state index in [1.165, 1.54) is 11.3 Å². The maximum Gasteiger partial charge on any atom is 0.478 e. The molecule has 0 saturated carbocycles. The number of carbonyl (C=O) groups is 1. The van der Waals surface area contributed by atoms with Gasteiger partial charge in [-0.15, -0.1) is 11.3 Å². The molecule has 0 aromatic carbocycles. The highest BCUT2D eigenvalue weighted by Gasteiger charge is 2.33. The van der Waals surface area contributed by atoms with Gasteiger partial charge >= 0.3 is 7.12 Å². The monoisotopic (exact) mass is 384 g/mol. The average Bonchev–Trinajstić information content (AvgIpc) is 3.05. The molecule has 1 amide bonds. The summed E-state index contributed by atoms with van der Waals surface area (Å²) >= 11 is 1.29. The number of aliphatic hydroxyl groups is 3. The first-order chi connectivity index (χ1) is 12.5. The number of carbonyl (C=O) groups excluding carboxylic acids is 1. The van der Waals surface area contributed by atoms with E-state index in [9.17, 15) is 9.82 Å². The second-order valence-electron chi connectivity index (χ2n) is 5.50. The van der Waals surface area contributed by atoms with Gasteiger partial charge in [0.1, 0.15) is 6.61 Å². The molecule has 2 rings (SSSR count). The summed E-state index contributed by atoms with van der Waals surface area (Å²) in [6, 6.07) is 3.45. The summed E-state index contributed by atoms with van der Waals surface area (Å²) < 4.78 is 5.34. The molecule has 0 bridgehead atoms. The van der Waals surface area contributed by atoms with Crippen molar-refractivity contribution in [3.8, 4) is 0 Å². The zero-order valence-corrected chi connectivity index (χ0v) is 14.7. The fourth-order valence-corrected chi connectivity index (χ4v) is 2.99. The molecule has 0 fully saturated rings. The van der Waals surface area contributed by atoms with Crippen molar-refractivity contribution in [3.63, 3.8) is 0 Å². The van der Waals surface area contributed by atoms with Crippen LogP contribution in [0.3, 0.4) is 0 Å². The van der Waals surface area contributed by atoms with Gasteiger partial charge in [0.2, 0.25) is 0 Å². The Labute approximate surface area is 154 Å². The smallest absolute Gasteiger partial charge is 0.426 e. The van der Waals surface area contributed by atoms with Gasteiger partial charge in [-0.3, -0.25) is 4.79 Å². The van der Waals surface area contributed by atoms with Crippen LogP contribution in [0.15, 0.2) is 34.8 Å². The number of thiophene rings is 1. The van der Waals surface area contributed by atoms with Gasteiger partial charge in [0.25, 0.3) is 5.91 Å². The second kappa shape index (κ2) is 10.4. The van der Waals surface area contributed by atoms with Crippen LogP contribution >= 0.6 is 11.3 Å². The molecule has 9 nitrogen and oxygen atoms in total. The summed E-state index contributed by atoms with van der Waals surface area (Å²) in [4.78, 5) is 18.1. The minimum Gasteiger partial charge on any atom is -0.426 e. The van der Waals surface area contributed by atoms with Gasteiger partial charge in [0, 0.05) is 6.42 Å². The number of nitrogens with one attached hydrogen (secondary N) is 1. The van der Waals surface area contributed by atoms with Crippen molar-refractivity contribution >= 4 is 30.1 Å². The first kappa shape index (κ1) is 20.6. The van der Waals surface area contributed by atoms with E-state index in [1.54, 1.807) is 29.7 Å². The molecule has 2 heterocycles. The van der Waals surface area contributed by atoms with Crippen molar-refractivity contribution in [2.45, 2.75) is 31.2 Å². The highest BCUT2D eigenvalue weighted by atomic mass is 32.1. The molecule has 142 valence electrons. The van der Waals surface area contributed by atoms with Crippen LogP contribution in [0.5, 0.6) is 0 Å². The number of hydrogen-bond acceptors (Lipinski definition) is 9. The number of hydrogen-bond donors (Lipinski definition) is 5. The molecule has 0 radical (unpaired) electrons. The van der Waals surface area contributed by atoms with E-state index in [4.69, 9.17) is 24.8 Å². The van der Waals surface area contributed by atoms with E-state index >= 15 is 0 Å². The van der Waals surface area contributed by atoms with Gasteiger partial charge < -0.3 is 35.2 Å². The number of nitrogens with zero attached hydrogens (tertiary/aromatic N) is 1. The molecular formula is C15H21BN2O7S. The Morgan fingerprint density at radius 1 is 1.54 bits per heavy atom. The Bertz CT molecular complexity index is 624. The summed E-state index contributed by atoms with van der Waals surface area (Å²) in [7, 11) is -1.33. The van der Waals surface area contributed by atoms with Crippen LogP contribution in [0.2, 0.25) is 0 Å². The Hall–Kier alpha value is -1.76. The van der Waals surface area contributed by atoms with Crippen LogP contribution in [-0.2, 0) is 14.3 Å². The van der Waals surface area contributed by atoms with Gasteiger partial charge in [0.15, 0.2) is 12.0 Å². The molecule has 0 unspecified atom stereocenters. The maximum atomic E-state index is 12.6. The highest BCUT2D eigenvalue weighted by Crippen LogP contribution is 2.15. The van der Waals surface area contributed by atoms with Crippen molar-refractivity contribution in [2.75, 3.05) is 13.2 Å². The van der Waals surface area contributed by atoms with E-state index in [1.807, 2.05) is 0 Å². The fraction of sp³-hybridized carbons (Fsp3) is 0.467. The third-order valence-corrected chi connectivity index (χ3v) is 4.34. The molecular weight excluding hydrogens is 363 g/mol. The molecule has 5 N–H and O–H groups in total. The summed E-state index contributed by atoms with van der Waals surface area (Å²) in [6.45, 7) is -0.286. The quantitative estimate of drug-likeness (QED) is 0.0968. The minimum atomic E-state index is -1.57. The third kappa shape index (κ3) is 6.20. The predicted molar refractivity (Wildman–Crippen MR) is 95.3 cm³/mol. The number of rotatable bonds is 8. The Kier molecular flexibility index (Phi) is 8.23. The highest BCUT2D eigenvalue weighted by molar-refractivity contribution is 7.13.